The Morgan fingerprint density at radius 3 is 2.29 bits per heavy atom. The van der Waals surface area contributed by atoms with E-state index in [1.807, 2.05) is 0 Å². The van der Waals surface area contributed by atoms with Crippen LogP contribution in [0.4, 0.5) is 13.2 Å². The van der Waals surface area contributed by atoms with Gasteiger partial charge < -0.3 is 9.47 Å². The van der Waals surface area contributed by atoms with Crippen molar-refractivity contribution < 1.29 is 22.6 Å². The first-order chi connectivity index (χ1) is 17.0. The summed E-state index contributed by atoms with van der Waals surface area (Å²) < 4.78 is 55.2. The molecule has 3 aromatic rings. The molecular weight excluding hydrogens is 449 g/mol. The van der Waals surface area contributed by atoms with Gasteiger partial charge in [0.25, 0.3) is 0 Å². The highest BCUT2D eigenvalue weighted by Crippen LogP contribution is 2.40. The summed E-state index contributed by atoms with van der Waals surface area (Å²) in [5, 5.41) is 0. The fraction of sp³-hybridized carbons (Fsp3) is 0.400. The van der Waals surface area contributed by atoms with Crippen molar-refractivity contribution in [3.8, 4) is 16.9 Å². The van der Waals surface area contributed by atoms with Gasteiger partial charge in [-0.3, -0.25) is 0 Å². The van der Waals surface area contributed by atoms with Crippen molar-refractivity contribution in [2.45, 2.75) is 64.1 Å². The molecule has 1 saturated carbocycles. The van der Waals surface area contributed by atoms with Crippen molar-refractivity contribution in [3.05, 3.63) is 88.7 Å². The molecule has 0 aromatic heterocycles. The lowest BCUT2D eigenvalue weighted by Gasteiger charge is -2.29. The van der Waals surface area contributed by atoms with E-state index in [1.165, 1.54) is 18.9 Å². The Kier molecular flexibility index (Phi) is 7.14. The van der Waals surface area contributed by atoms with Gasteiger partial charge in [-0.05, 0) is 71.9 Å². The normalized spacial score (nSPS) is 21.7. The third kappa shape index (κ3) is 5.40. The van der Waals surface area contributed by atoms with Crippen LogP contribution in [0.15, 0.2) is 54.6 Å². The Balaban J connectivity index is 1.24. The summed E-state index contributed by atoms with van der Waals surface area (Å²) in [6.45, 7) is 3.00. The summed E-state index contributed by atoms with van der Waals surface area (Å²) in [5.41, 5.74) is 2.98. The van der Waals surface area contributed by atoms with Crippen molar-refractivity contribution in [2.24, 2.45) is 5.92 Å². The fourth-order valence-electron chi connectivity index (χ4n) is 5.29. The third-order valence-electron chi connectivity index (χ3n) is 7.42. The second kappa shape index (κ2) is 10.4. The van der Waals surface area contributed by atoms with Crippen LogP contribution in [0.1, 0.15) is 74.2 Å². The van der Waals surface area contributed by atoms with Crippen LogP contribution in [0, 0.1) is 23.4 Å². The van der Waals surface area contributed by atoms with Crippen LogP contribution < -0.4 is 4.74 Å². The van der Waals surface area contributed by atoms with E-state index in [-0.39, 0.29) is 29.9 Å². The molecule has 1 aliphatic carbocycles. The molecule has 1 unspecified atom stereocenters. The van der Waals surface area contributed by atoms with Gasteiger partial charge in [0.05, 0.1) is 6.61 Å². The second-order valence-electron chi connectivity index (χ2n) is 9.83. The molecule has 0 amide bonds. The van der Waals surface area contributed by atoms with Crippen molar-refractivity contribution in [2.75, 3.05) is 6.61 Å². The maximum atomic E-state index is 15.1. The monoisotopic (exact) mass is 480 g/mol. The Hall–Kier alpha value is -2.79. The van der Waals surface area contributed by atoms with Gasteiger partial charge in [0.2, 0.25) is 0 Å². The van der Waals surface area contributed by atoms with Gasteiger partial charge in [-0.1, -0.05) is 62.2 Å². The predicted octanol–water partition coefficient (Wildman–Crippen LogP) is 8.50. The zero-order valence-corrected chi connectivity index (χ0v) is 20.0. The Morgan fingerprint density at radius 1 is 0.886 bits per heavy atom. The first-order valence-electron chi connectivity index (χ1n) is 12.6. The number of epoxide rings is 1. The fourth-order valence-corrected chi connectivity index (χ4v) is 5.29. The lowest BCUT2D eigenvalue weighted by molar-refractivity contribution is 0.290. The number of benzene rings is 3. The maximum Gasteiger partial charge on any atom is 0.166 e. The number of halogens is 3. The van der Waals surface area contributed by atoms with Crippen LogP contribution in [0.2, 0.25) is 0 Å². The van der Waals surface area contributed by atoms with Crippen LogP contribution >= 0.6 is 0 Å². The van der Waals surface area contributed by atoms with E-state index >= 15 is 8.78 Å². The molecule has 0 bridgehead atoms. The molecule has 5 rings (SSSR count). The smallest absolute Gasteiger partial charge is 0.166 e. The molecule has 35 heavy (non-hydrogen) atoms. The first kappa shape index (κ1) is 23.9. The van der Waals surface area contributed by atoms with E-state index in [2.05, 4.69) is 6.92 Å². The van der Waals surface area contributed by atoms with E-state index in [1.54, 1.807) is 48.5 Å². The topological polar surface area (TPSA) is 21.8 Å². The standard InChI is InChI=1S/C30H31F3O2/c1-2-3-19-4-8-21(9-5-19)24-13-14-25(30(33)29(24)32)22-10-6-20(7-11-22)17-34-27-15-12-23(16-26(27)31)28-18-35-28/h6-7,10-16,19,21,28H,2-5,8-9,17-18H2,1H3. The number of ether oxygens (including phenoxy) is 2. The third-order valence-corrected chi connectivity index (χ3v) is 7.42. The van der Waals surface area contributed by atoms with Gasteiger partial charge in [0.1, 0.15) is 12.7 Å². The minimum absolute atomic E-state index is 0.00814. The number of hydrogen-bond donors (Lipinski definition) is 0. The molecule has 2 nitrogen and oxygen atoms in total. The van der Waals surface area contributed by atoms with E-state index in [0.29, 0.717) is 17.7 Å². The second-order valence-corrected chi connectivity index (χ2v) is 9.83. The Bertz CT molecular complexity index is 1160. The zero-order valence-electron chi connectivity index (χ0n) is 20.0. The molecule has 2 aliphatic rings. The minimum atomic E-state index is -0.788. The zero-order chi connectivity index (χ0) is 24.4. The van der Waals surface area contributed by atoms with Crippen LogP contribution in [0.5, 0.6) is 5.75 Å². The lowest BCUT2D eigenvalue weighted by Crippen LogP contribution is -2.15. The highest BCUT2D eigenvalue weighted by atomic mass is 19.2. The Morgan fingerprint density at radius 2 is 1.63 bits per heavy atom. The molecule has 2 fully saturated rings. The molecule has 184 valence electrons. The summed E-state index contributed by atoms with van der Waals surface area (Å²) in [7, 11) is 0. The molecule has 1 saturated heterocycles. The predicted molar refractivity (Wildman–Crippen MR) is 131 cm³/mol. The molecule has 3 aromatic carbocycles. The SMILES string of the molecule is CCCC1CCC(c2ccc(-c3ccc(COc4ccc(C5CO5)cc4F)cc3)c(F)c2F)CC1. The number of hydrogen-bond acceptors (Lipinski definition) is 2. The van der Waals surface area contributed by atoms with Crippen LogP contribution in [0.25, 0.3) is 11.1 Å². The average Bonchev–Trinajstić information content (AvgIpc) is 3.72. The highest BCUT2D eigenvalue weighted by Gasteiger charge is 2.27. The van der Waals surface area contributed by atoms with E-state index < -0.39 is 17.5 Å². The molecule has 0 radical (unpaired) electrons. The molecule has 0 spiro atoms. The summed E-state index contributed by atoms with van der Waals surface area (Å²) in [6, 6.07) is 15.4. The minimum Gasteiger partial charge on any atom is -0.486 e. The molecular formula is C30H31F3O2. The van der Waals surface area contributed by atoms with Gasteiger partial charge in [0.15, 0.2) is 23.2 Å². The van der Waals surface area contributed by atoms with Gasteiger partial charge in [-0.15, -0.1) is 0 Å². The summed E-state index contributed by atoms with van der Waals surface area (Å²) in [5.74, 6) is -0.943. The molecule has 1 atom stereocenters. The summed E-state index contributed by atoms with van der Waals surface area (Å²) >= 11 is 0. The van der Waals surface area contributed by atoms with Crippen molar-refractivity contribution in [1.82, 2.24) is 0 Å². The van der Waals surface area contributed by atoms with Crippen LogP contribution in [0.3, 0.4) is 0 Å². The van der Waals surface area contributed by atoms with Gasteiger partial charge >= 0.3 is 0 Å². The molecule has 0 N–H and O–H groups in total. The molecule has 1 heterocycles. The van der Waals surface area contributed by atoms with E-state index in [0.717, 1.165) is 42.7 Å². The van der Waals surface area contributed by atoms with E-state index in [4.69, 9.17) is 9.47 Å². The molecule has 5 heteroatoms. The average molecular weight is 481 g/mol. The first-order valence-corrected chi connectivity index (χ1v) is 12.6. The maximum absolute atomic E-state index is 15.1. The largest absolute Gasteiger partial charge is 0.486 e. The quantitative estimate of drug-likeness (QED) is 0.302. The van der Waals surface area contributed by atoms with E-state index in [9.17, 15) is 4.39 Å². The Labute approximate surface area is 205 Å². The van der Waals surface area contributed by atoms with Crippen LogP contribution in [-0.4, -0.2) is 6.61 Å². The van der Waals surface area contributed by atoms with Gasteiger partial charge in [-0.25, -0.2) is 13.2 Å². The van der Waals surface area contributed by atoms with Gasteiger partial charge in [0, 0.05) is 5.56 Å². The van der Waals surface area contributed by atoms with Crippen molar-refractivity contribution >= 4 is 0 Å². The number of rotatable bonds is 8. The van der Waals surface area contributed by atoms with Crippen LogP contribution in [-0.2, 0) is 11.3 Å². The van der Waals surface area contributed by atoms with Gasteiger partial charge in [-0.2, -0.15) is 0 Å². The lowest BCUT2D eigenvalue weighted by atomic mass is 9.77. The highest BCUT2D eigenvalue weighted by molar-refractivity contribution is 5.65. The van der Waals surface area contributed by atoms with Crippen molar-refractivity contribution in [1.29, 1.82) is 0 Å². The van der Waals surface area contributed by atoms with Crippen molar-refractivity contribution in [3.63, 3.8) is 0 Å². The molecule has 1 aliphatic heterocycles. The summed E-state index contributed by atoms with van der Waals surface area (Å²) in [4.78, 5) is 0. The summed E-state index contributed by atoms with van der Waals surface area (Å²) in [6.07, 6.45) is 6.42.